The van der Waals surface area contributed by atoms with E-state index in [0.29, 0.717) is 36.5 Å². The Kier molecular flexibility index (Phi) is 6.45. The molecule has 1 aromatic carbocycles. The molecule has 8 heteroatoms. The molecule has 0 spiro atoms. The van der Waals surface area contributed by atoms with Crippen LogP contribution in [0.15, 0.2) is 36.5 Å². The Bertz CT molecular complexity index is 1130. The maximum Gasteiger partial charge on any atom is 0.268 e. The zero-order valence-electron chi connectivity index (χ0n) is 20.4. The maximum absolute atomic E-state index is 13.1. The molecule has 2 aromatic rings. The number of carbonyl (C=O) groups excluding carboxylic acids is 3. The third kappa shape index (κ3) is 5.16. The fourth-order valence-electron chi connectivity index (χ4n) is 4.74. The van der Waals surface area contributed by atoms with Crippen molar-refractivity contribution in [2.45, 2.75) is 51.2 Å². The average Bonchev–Trinajstić information content (AvgIpc) is 3.54. The van der Waals surface area contributed by atoms with Crippen LogP contribution in [-0.4, -0.2) is 65.8 Å². The molecule has 3 aliphatic rings. The van der Waals surface area contributed by atoms with Gasteiger partial charge in [0.2, 0.25) is 5.91 Å². The summed E-state index contributed by atoms with van der Waals surface area (Å²) >= 11 is 0. The van der Waals surface area contributed by atoms with E-state index >= 15 is 0 Å². The highest BCUT2D eigenvalue weighted by Crippen LogP contribution is 2.34. The molecule has 3 amide bonds. The molecule has 1 aliphatic carbocycles. The number of benzene rings is 1. The second-order valence-electron chi connectivity index (χ2n) is 10.00. The number of nitrogens with zero attached hydrogens (tertiary/aromatic N) is 4. The molecule has 1 aromatic heterocycles. The molecule has 5 rings (SSSR count). The van der Waals surface area contributed by atoms with Gasteiger partial charge in [0.25, 0.3) is 11.8 Å². The van der Waals surface area contributed by atoms with E-state index in [9.17, 15) is 14.4 Å². The average molecular weight is 477 g/mol. The van der Waals surface area contributed by atoms with Gasteiger partial charge in [-0.1, -0.05) is 25.3 Å². The predicted octanol–water partition coefficient (Wildman–Crippen LogP) is 3.04. The van der Waals surface area contributed by atoms with Crippen LogP contribution in [0, 0.1) is 5.92 Å². The first-order valence-electron chi connectivity index (χ1n) is 12.4. The van der Waals surface area contributed by atoms with Crippen molar-refractivity contribution in [2.75, 3.05) is 32.1 Å². The van der Waals surface area contributed by atoms with Crippen LogP contribution in [0.4, 0.5) is 5.69 Å². The van der Waals surface area contributed by atoms with Crippen molar-refractivity contribution in [3.05, 3.63) is 53.3 Å². The summed E-state index contributed by atoms with van der Waals surface area (Å²) in [6, 6.07) is 9.37. The lowest BCUT2D eigenvalue weighted by atomic mass is 10.1. The zero-order valence-corrected chi connectivity index (χ0v) is 20.4. The zero-order chi connectivity index (χ0) is 24.5. The highest BCUT2D eigenvalue weighted by molar-refractivity contribution is 6.03. The van der Waals surface area contributed by atoms with Gasteiger partial charge < -0.3 is 19.4 Å². The lowest BCUT2D eigenvalue weighted by molar-refractivity contribution is -0.129. The van der Waals surface area contributed by atoms with Crippen LogP contribution in [0.3, 0.4) is 0 Å². The van der Waals surface area contributed by atoms with Gasteiger partial charge in [0, 0.05) is 50.6 Å². The third-order valence-electron chi connectivity index (χ3n) is 7.08. The van der Waals surface area contributed by atoms with Crippen molar-refractivity contribution < 1.29 is 19.1 Å². The fourth-order valence-corrected chi connectivity index (χ4v) is 4.74. The number of pyridine rings is 1. The number of hydrogen-bond donors (Lipinski definition) is 0. The van der Waals surface area contributed by atoms with Gasteiger partial charge >= 0.3 is 0 Å². The number of carbonyl (C=O) groups is 3. The summed E-state index contributed by atoms with van der Waals surface area (Å²) in [5.41, 5.74) is 3.15. The monoisotopic (exact) mass is 476 g/mol. The normalized spacial score (nSPS) is 19.3. The second-order valence-corrected chi connectivity index (χ2v) is 10.00. The standard InChI is InChI=1S/C27H32N4O4/c1-29(2)25(32)17-30-16-19-8-10-21(14-23(19)26(30)33)31-13-12-24(27(31)34)35-22-11-9-20(28-15-22)5-3-4-18-6-7-18/h8-11,14-15,18,24H,3-7,12-13,16-17H2,1-2H3/t24-/m1/s1. The number of aromatic nitrogens is 1. The van der Waals surface area contributed by atoms with Gasteiger partial charge in [0.1, 0.15) is 12.3 Å². The quantitative estimate of drug-likeness (QED) is 0.556. The second kappa shape index (κ2) is 9.68. The van der Waals surface area contributed by atoms with E-state index in [1.807, 2.05) is 24.3 Å². The minimum atomic E-state index is -0.573. The van der Waals surface area contributed by atoms with E-state index in [1.54, 1.807) is 31.3 Å². The topological polar surface area (TPSA) is 83.1 Å². The van der Waals surface area contributed by atoms with Crippen LogP contribution in [0.5, 0.6) is 5.75 Å². The van der Waals surface area contributed by atoms with Crippen LogP contribution in [-0.2, 0) is 22.6 Å². The Morgan fingerprint density at radius 2 is 1.97 bits per heavy atom. The largest absolute Gasteiger partial charge is 0.479 e. The van der Waals surface area contributed by atoms with E-state index in [4.69, 9.17) is 4.74 Å². The third-order valence-corrected chi connectivity index (χ3v) is 7.08. The van der Waals surface area contributed by atoms with Crippen molar-refractivity contribution in [1.29, 1.82) is 0 Å². The Morgan fingerprint density at radius 1 is 1.14 bits per heavy atom. The molecule has 0 radical (unpaired) electrons. The Hall–Kier alpha value is -3.42. The highest BCUT2D eigenvalue weighted by atomic mass is 16.5. The summed E-state index contributed by atoms with van der Waals surface area (Å²) in [4.78, 5) is 47.2. The predicted molar refractivity (Wildman–Crippen MR) is 131 cm³/mol. The summed E-state index contributed by atoms with van der Waals surface area (Å²) < 4.78 is 5.97. The van der Waals surface area contributed by atoms with Gasteiger partial charge in [-0.15, -0.1) is 0 Å². The number of fused-ring (bicyclic) bond motifs is 1. The summed E-state index contributed by atoms with van der Waals surface area (Å²) in [6.07, 6.45) is 7.89. The molecule has 8 nitrogen and oxygen atoms in total. The smallest absolute Gasteiger partial charge is 0.268 e. The van der Waals surface area contributed by atoms with Gasteiger partial charge in [0.15, 0.2) is 6.10 Å². The van der Waals surface area contributed by atoms with Crippen molar-refractivity contribution in [3.63, 3.8) is 0 Å². The van der Waals surface area contributed by atoms with Crippen molar-refractivity contribution in [1.82, 2.24) is 14.8 Å². The van der Waals surface area contributed by atoms with Crippen LogP contribution >= 0.6 is 0 Å². The van der Waals surface area contributed by atoms with Crippen LogP contribution in [0.2, 0.25) is 0 Å². The molecule has 1 atom stereocenters. The molecular weight excluding hydrogens is 444 g/mol. The number of likely N-dealkylation sites (N-methyl/N-ethyl adjacent to an activating group) is 1. The molecule has 2 fully saturated rings. The Morgan fingerprint density at radius 3 is 2.69 bits per heavy atom. The minimum Gasteiger partial charge on any atom is -0.479 e. The number of ether oxygens (including phenoxy) is 1. The van der Waals surface area contributed by atoms with Crippen LogP contribution < -0.4 is 9.64 Å². The molecule has 3 heterocycles. The number of hydrogen-bond acceptors (Lipinski definition) is 5. The molecule has 1 saturated heterocycles. The maximum atomic E-state index is 13.1. The van der Waals surface area contributed by atoms with Crippen LogP contribution in [0.25, 0.3) is 0 Å². The Balaban J connectivity index is 1.19. The molecule has 0 N–H and O–H groups in total. The van der Waals surface area contributed by atoms with Gasteiger partial charge in [-0.2, -0.15) is 0 Å². The van der Waals surface area contributed by atoms with Crippen molar-refractivity contribution >= 4 is 23.4 Å². The number of rotatable bonds is 9. The van der Waals surface area contributed by atoms with E-state index in [-0.39, 0.29) is 24.3 Å². The first-order chi connectivity index (χ1) is 16.9. The molecule has 1 saturated carbocycles. The Labute approximate surface area is 205 Å². The van der Waals surface area contributed by atoms with Crippen LogP contribution in [0.1, 0.15) is 53.7 Å². The van der Waals surface area contributed by atoms with Gasteiger partial charge in [-0.25, -0.2) is 0 Å². The summed E-state index contributed by atoms with van der Waals surface area (Å²) in [6.45, 7) is 0.963. The first kappa shape index (κ1) is 23.3. The SMILES string of the molecule is CN(C)C(=O)CN1Cc2ccc(N3CC[C@@H](Oc4ccc(CCCC5CC5)nc4)C3=O)cc2C1=O. The van der Waals surface area contributed by atoms with E-state index in [0.717, 1.165) is 23.6 Å². The number of aryl methyl sites for hydroxylation is 1. The van der Waals surface area contributed by atoms with E-state index in [1.165, 1.54) is 35.5 Å². The number of amides is 3. The molecular formula is C27H32N4O4. The lowest BCUT2D eigenvalue weighted by Crippen LogP contribution is -2.36. The molecule has 0 bridgehead atoms. The molecule has 2 aliphatic heterocycles. The van der Waals surface area contributed by atoms with E-state index in [2.05, 4.69) is 4.98 Å². The van der Waals surface area contributed by atoms with E-state index < -0.39 is 6.10 Å². The minimum absolute atomic E-state index is 0.0434. The number of anilines is 1. The van der Waals surface area contributed by atoms with Crippen molar-refractivity contribution in [3.8, 4) is 5.75 Å². The van der Waals surface area contributed by atoms with Crippen molar-refractivity contribution in [2.24, 2.45) is 5.92 Å². The molecule has 35 heavy (non-hydrogen) atoms. The summed E-state index contributed by atoms with van der Waals surface area (Å²) in [5.74, 6) is 1.11. The molecule has 184 valence electrons. The van der Waals surface area contributed by atoms with Gasteiger partial charge in [0.05, 0.1) is 6.20 Å². The van der Waals surface area contributed by atoms with Gasteiger partial charge in [-0.3, -0.25) is 19.4 Å². The highest BCUT2D eigenvalue weighted by Gasteiger charge is 2.36. The van der Waals surface area contributed by atoms with Gasteiger partial charge in [-0.05, 0) is 48.6 Å². The first-order valence-corrected chi connectivity index (χ1v) is 12.4. The summed E-state index contributed by atoms with van der Waals surface area (Å²) in [5, 5.41) is 0. The fraction of sp³-hybridized carbons (Fsp3) is 0.481. The lowest BCUT2D eigenvalue weighted by Gasteiger charge is -2.18. The summed E-state index contributed by atoms with van der Waals surface area (Å²) in [7, 11) is 3.35. The molecule has 0 unspecified atom stereocenters.